The molecule has 0 radical (unpaired) electrons. The van der Waals surface area contributed by atoms with Crippen LogP contribution in [-0.4, -0.2) is 55.8 Å². The van der Waals surface area contributed by atoms with Gasteiger partial charge in [0, 0.05) is 17.6 Å². The smallest absolute Gasteiger partial charge is 0.403 e. The molecule has 2 fully saturated rings. The van der Waals surface area contributed by atoms with Gasteiger partial charge in [-0.05, 0) is 43.4 Å². The van der Waals surface area contributed by atoms with Crippen LogP contribution < -0.4 is 15.8 Å². The maximum atomic E-state index is 14.6. The summed E-state index contributed by atoms with van der Waals surface area (Å²) in [6.07, 6.45) is -0.350. The predicted molar refractivity (Wildman–Crippen MR) is 120 cm³/mol. The van der Waals surface area contributed by atoms with Gasteiger partial charge in [-0.25, -0.2) is 4.39 Å². The van der Waals surface area contributed by atoms with Crippen LogP contribution in [0.15, 0.2) is 36.7 Å². The second kappa shape index (κ2) is 9.01. The maximum absolute atomic E-state index is 14.6. The lowest BCUT2D eigenvalue weighted by molar-refractivity contribution is -0.275. The number of halogens is 4. The lowest BCUT2D eigenvalue weighted by Gasteiger charge is -2.34. The molecule has 3 N–H and O–H groups in total. The number of hydrogen-bond acceptors (Lipinski definition) is 6. The Kier molecular flexibility index (Phi) is 5.96. The molecule has 37 heavy (non-hydrogen) atoms. The van der Waals surface area contributed by atoms with Gasteiger partial charge in [-0.15, -0.1) is 13.2 Å². The second-order valence-electron chi connectivity index (χ2n) is 8.89. The molecular weight excluding hydrogens is 500 g/mol. The minimum atomic E-state index is -5.11. The van der Waals surface area contributed by atoms with Crippen LogP contribution in [-0.2, 0) is 16.1 Å². The number of pyridine rings is 1. The summed E-state index contributed by atoms with van der Waals surface area (Å²) in [5, 5.41) is 6.88. The van der Waals surface area contributed by atoms with E-state index >= 15 is 0 Å². The molecule has 2 aromatic heterocycles. The Labute approximate surface area is 206 Å². The van der Waals surface area contributed by atoms with Crippen LogP contribution in [0.2, 0.25) is 0 Å². The molecule has 3 aromatic rings. The van der Waals surface area contributed by atoms with Crippen LogP contribution in [0, 0.1) is 11.7 Å². The SMILES string of the molecule is NC(=O)c1nn(CC(=O)N2[C@@H]3CC[C@@H](C3)[C@H]2C(=O)Nc2cccc(OC(F)(F)F)c2F)c2cnccc12. The number of likely N-dealkylation sites (tertiary alicyclic amines) is 1. The van der Waals surface area contributed by atoms with Crippen molar-refractivity contribution in [2.75, 3.05) is 5.32 Å². The van der Waals surface area contributed by atoms with Gasteiger partial charge < -0.3 is 20.7 Å². The largest absolute Gasteiger partial charge is 0.573 e. The van der Waals surface area contributed by atoms with Crippen LogP contribution >= 0.6 is 0 Å². The number of nitrogens with two attached hydrogens (primary N) is 1. The van der Waals surface area contributed by atoms with Gasteiger partial charge in [-0.3, -0.25) is 24.0 Å². The number of hydrogen-bond donors (Lipinski definition) is 2. The molecule has 1 saturated carbocycles. The molecule has 0 spiro atoms. The zero-order valence-electron chi connectivity index (χ0n) is 19.0. The van der Waals surface area contributed by atoms with E-state index in [2.05, 4.69) is 20.1 Å². The van der Waals surface area contributed by atoms with Crippen molar-refractivity contribution >= 4 is 34.3 Å². The molecule has 0 unspecified atom stereocenters. The van der Waals surface area contributed by atoms with E-state index in [0.717, 1.165) is 18.2 Å². The van der Waals surface area contributed by atoms with Gasteiger partial charge in [-0.1, -0.05) is 6.07 Å². The van der Waals surface area contributed by atoms with E-state index in [0.29, 0.717) is 30.2 Å². The summed E-state index contributed by atoms with van der Waals surface area (Å²) < 4.78 is 57.3. The topological polar surface area (TPSA) is 132 Å². The number of ether oxygens (including phenoxy) is 1. The highest BCUT2D eigenvalue weighted by Crippen LogP contribution is 2.43. The molecule has 10 nitrogen and oxygen atoms in total. The first-order valence-electron chi connectivity index (χ1n) is 11.3. The number of benzene rings is 1. The third-order valence-electron chi connectivity index (χ3n) is 6.66. The minimum absolute atomic E-state index is 0.0288. The maximum Gasteiger partial charge on any atom is 0.573 e. The van der Waals surface area contributed by atoms with Crippen LogP contribution in [0.1, 0.15) is 29.8 Å². The fourth-order valence-electron chi connectivity index (χ4n) is 5.23. The van der Waals surface area contributed by atoms with Crippen molar-refractivity contribution in [3.63, 3.8) is 0 Å². The summed E-state index contributed by atoms with van der Waals surface area (Å²) in [7, 11) is 0. The number of alkyl halides is 3. The van der Waals surface area contributed by atoms with E-state index < -0.39 is 47.4 Å². The first-order chi connectivity index (χ1) is 17.5. The van der Waals surface area contributed by atoms with Crippen LogP contribution in [0.5, 0.6) is 5.75 Å². The van der Waals surface area contributed by atoms with Crippen molar-refractivity contribution in [3.8, 4) is 5.75 Å². The average Bonchev–Trinajstić information content (AvgIpc) is 3.54. The highest BCUT2D eigenvalue weighted by Gasteiger charge is 2.51. The van der Waals surface area contributed by atoms with Crippen molar-refractivity contribution in [1.29, 1.82) is 0 Å². The van der Waals surface area contributed by atoms with Gasteiger partial charge in [0.1, 0.15) is 12.6 Å². The molecule has 194 valence electrons. The molecule has 3 atom stereocenters. The number of aromatic nitrogens is 3. The number of amides is 3. The van der Waals surface area contributed by atoms with Gasteiger partial charge in [-0.2, -0.15) is 5.10 Å². The number of fused-ring (bicyclic) bond motifs is 3. The number of carbonyl (C=O) groups is 3. The van der Waals surface area contributed by atoms with Crippen LogP contribution in [0.3, 0.4) is 0 Å². The highest BCUT2D eigenvalue weighted by molar-refractivity contribution is 6.04. The summed E-state index contributed by atoms with van der Waals surface area (Å²) in [5.41, 5.74) is 5.27. The van der Waals surface area contributed by atoms with Crippen molar-refractivity contribution in [2.24, 2.45) is 11.7 Å². The molecule has 1 saturated heterocycles. The number of nitrogens with one attached hydrogen (secondary N) is 1. The molecule has 3 heterocycles. The van der Waals surface area contributed by atoms with E-state index in [1.54, 1.807) is 6.07 Å². The molecule has 3 amide bonds. The zero-order chi connectivity index (χ0) is 26.5. The molecular formula is C23H20F4N6O4. The van der Waals surface area contributed by atoms with Gasteiger partial charge >= 0.3 is 6.36 Å². The summed E-state index contributed by atoms with van der Waals surface area (Å²) >= 11 is 0. The Bertz CT molecular complexity index is 1410. The first-order valence-corrected chi connectivity index (χ1v) is 11.3. The highest BCUT2D eigenvalue weighted by atomic mass is 19.4. The van der Waals surface area contributed by atoms with Gasteiger partial charge in [0.25, 0.3) is 5.91 Å². The Morgan fingerprint density at radius 3 is 2.70 bits per heavy atom. The van der Waals surface area contributed by atoms with Gasteiger partial charge in [0.15, 0.2) is 17.3 Å². The predicted octanol–water partition coefficient (Wildman–Crippen LogP) is 2.59. The van der Waals surface area contributed by atoms with E-state index in [1.165, 1.54) is 22.0 Å². The van der Waals surface area contributed by atoms with Crippen molar-refractivity contribution in [1.82, 2.24) is 19.7 Å². The molecule has 5 rings (SSSR count). The minimum Gasteiger partial charge on any atom is -0.403 e. The van der Waals surface area contributed by atoms with E-state index in [-0.39, 0.29) is 24.2 Å². The summed E-state index contributed by atoms with van der Waals surface area (Å²) in [5.74, 6) is -4.65. The third kappa shape index (κ3) is 4.54. The van der Waals surface area contributed by atoms with E-state index in [4.69, 9.17) is 5.73 Å². The molecule has 1 aliphatic heterocycles. The molecule has 1 aromatic carbocycles. The quantitative estimate of drug-likeness (QED) is 0.480. The number of rotatable bonds is 6. The van der Waals surface area contributed by atoms with Gasteiger partial charge in [0.05, 0.1) is 17.4 Å². The van der Waals surface area contributed by atoms with E-state index in [1.807, 2.05) is 0 Å². The Morgan fingerprint density at radius 1 is 1.19 bits per heavy atom. The lowest BCUT2D eigenvalue weighted by atomic mass is 9.97. The lowest BCUT2D eigenvalue weighted by Crippen LogP contribution is -2.52. The van der Waals surface area contributed by atoms with Crippen LogP contribution in [0.25, 0.3) is 10.9 Å². The Hall–Kier alpha value is -4.23. The van der Waals surface area contributed by atoms with Crippen molar-refractivity contribution in [3.05, 3.63) is 48.2 Å². The standard InChI is InChI=1S/C23H20F4N6O4/c24-18-14(2-1-3-16(18)37-23(25,26)27)30-22(36)20-11-4-5-12(8-11)33(20)17(34)10-32-15-9-29-7-6-13(15)19(31-32)21(28)35/h1-3,6-7,9,11-12,20H,4-5,8,10H2,(H2,28,35)(H,30,36)/t11-,12+,20-/m0/s1. The number of carbonyl (C=O) groups excluding carboxylic acids is 3. The summed E-state index contributed by atoms with van der Waals surface area (Å²) in [6.45, 7) is -0.314. The fourth-order valence-corrected chi connectivity index (χ4v) is 5.23. The number of anilines is 1. The summed E-state index contributed by atoms with van der Waals surface area (Å²) in [6, 6.07) is 3.33. The van der Waals surface area contributed by atoms with Crippen molar-refractivity contribution < 1.29 is 36.7 Å². The zero-order valence-corrected chi connectivity index (χ0v) is 19.0. The number of piperidine rings is 1. The number of primary amides is 1. The second-order valence-corrected chi connectivity index (χ2v) is 8.89. The monoisotopic (exact) mass is 520 g/mol. The molecule has 2 bridgehead atoms. The van der Waals surface area contributed by atoms with E-state index in [9.17, 15) is 31.9 Å². The number of nitrogens with zero attached hydrogens (tertiary/aromatic N) is 4. The van der Waals surface area contributed by atoms with Crippen LogP contribution in [0.4, 0.5) is 23.2 Å². The molecule has 14 heteroatoms. The van der Waals surface area contributed by atoms with Gasteiger partial charge in [0.2, 0.25) is 11.8 Å². The third-order valence-corrected chi connectivity index (χ3v) is 6.66. The summed E-state index contributed by atoms with van der Waals surface area (Å²) in [4.78, 5) is 43.8. The first kappa shape index (κ1) is 24.5. The van der Waals surface area contributed by atoms with Crippen molar-refractivity contribution in [2.45, 2.75) is 44.3 Å². The average molecular weight is 520 g/mol. The fraction of sp³-hybridized carbons (Fsp3) is 0.348. The molecule has 2 aliphatic rings. The molecule has 1 aliphatic carbocycles. The Balaban J connectivity index is 1.39. The normalized spacial score (nSPS) is 20.9. The Morgan fingerprint density at radius 2 is 1.97 bits per heavy atom.